The van der Waals surface area contributed by atoms with Crippen LogP contribution in [0.4, 0.5) is 4.79 Å². The monoisotopic (exact) mass is 273 g/mol. The van der Waals surface area contributed by atoms with Gasteiger partial charge in [-0.3, -0.25) is 0 Å². The summed E-state index contributed by atoms with van der Waals surface area (Å²) in [7, 11) is 0. The molecule has 102 valence electrons. The third kappa shape index (κ3) is 5.89. The summed E-state index contributed by atoms with van der Waals surface area (Å²) >= 11 is 0. The van der Waals surface area contributed by atoms with Crippen molar-refractivity contribution in [3.63, 3.8) is 0 Å². The van der Waals surface area contributed by atoms with E-state index in [1.807, 2.05) is 19.1 Å². The summed E-state index contributed by atoms with van der Waals surface area (Å²) in [6, 6.07) is 0. The van der Waals surface area contributed by atoms with E-state index in [1.54, 1.807) is 11.0 Å². The largest absolute Gasteiger partial charge is 0.415 e. The molecule has 0 aliphatic carbocycles. The fourth-order valence-corrected chi connectivity index (χ4v) is 1.35. The molecule has 0 unspecified atom stereocenters. The van der Waals surface area contributed by atoms with Gasteiger partial charge in [-0.15, -0.1) is 12.4 Å². The van der Waals surface area contributed by atoms with Gasteiger partial charge in [0.15, 0.2) is 0 Å². The fraction of sp³-hybridized carbons (Fsp3) is 0.462. The van der Waals surface area contributed by atoms with Gasteiger partial charge >= 0.3 is 6.09 Å². The summed E-state index contributed by atoms with van der Waals surface area (Å²) in [5, 5.41) is 0. The molecule has 0 aromatic carbocycles. The molecule has 5 heteroatoms. The molecule has 0 spiro atoms. The Morgan fingerprint density at radius 3 is 2.67 bits per heavy atom. The molecule has 1 fully saturated rings. The van der Waals surface area contributed by atoms with Gasteiger partial charge in [0.05, 0.1) is 13.2 Å². The zero-order valence-corrected chi connectivity index (χ0v) is 11.4. The van der Waals surface area contributed by atoms with Crippen LogP contribution in [0.3, 0.4) is 0 Å². The first-order chi connectivity index (χ1) is 8.27. The van der Waals surface area contributed by atoms with Crippen LogP contribution in [0.5, 0.6) is 0 Å². The molecule has 1 aliphatic rings. The van der Waals surface area contributed by atoms with Crippen molar-refractivity contribution in [2.24, 2.45) is 0 Å². The maximum absolute atomic E-state index is 11.7. The fourth-order valence-electron chi connectivity index (χ4n) is 1.35. The van der Waals surface area contributed by atoms with Crippen LogP contribution in [-0.4, -0.2) is 37.3 Å². The van der Waals surface area contributed by atoms with Crippen LogP contribution in [-0.2, 0) is 9.47 Å². The van der Waals surface area contributed by atoms with Gasteiger partial charge in [-0.25, -0.2) is 4.79 Å². The van der Waals surface area contributed by atoms with Crippen LogP contribution in [0.1, 0.15) is 13.3 Å². The van der Waals surface area contributed by atoms with Gasteiger partial charge in [0.1, 0.15) is 5.76 Å². The number of ether oxygens (including phenoxy) is 2. The van der Waals surface area contributed by atoms with E-state index in [9.17, 15) is 4.79 Å². The van der Waals surface area contributed by atoms with Gasteiger partial charge in [0.2, 0.25) is 0 Å². The second-order valence-corrected chi connectivity index (χ2v) is 3.58. The molecule has 1 rings (SSSR count). The highest BCUT2D eigenvalue weighted by molar-refractivity contribution is 5.85. The Kier molecular flexibility index (Phi) is 9.06. The summed E-state index contributed by atoms with van der Waals surface area (Å²) in [4.78, 5) is 13.4. The maximum Gasteiger partial charge on any atom is 0.415 e. The van der Waals surface area contributed by atoms with Crippen molar-refractivity contribution < 1.29 is 14.3 Å². The van der Waals surface area contributed by atoms with E-state index in [1.165, 1.54) is 6.08 Å². The van der Waals surface area contributed by atoms with Crippen LogP contribution in [0.15, 0.2) is 36.6 Å². The lowest BCUT2D eigenvalue weighted by Gasteiger charge is -2.25. The lowest BCUT2D eigenvalue weighted by atomic mass is 10.3. The van der Waals surface area contributed by atoms with Gasteiger partial charge in [-0.2, -0.15) is 0 Å². The molecule has 1 aliphatic heterocycles. The Labute approximate surface area is 114 Å². The number of amides is 1. The number of allylic oxidation sites excluding steroid dienone is 4. The summed E-state index contributed by atoms with van der Waals surface area (Å²) in [6.45, 7) is 7.94. The minimum absolute atomic E-state index is 0. The highest BCUT2D eigenvalue weighted by Crippen LogP contribution is 2.06. The molecular weight excluding hydrogens is 254 g/mol. The second-order valence-electron chi connectivity index (χ2n) is 3.58. The van der Waals surface area contributed by atoms with Crippen molar-refractivity contribution >= 4 is 18.5 Å². The van der Waals surface area contributed by atoms with E-state index in [-0.39, 0.29) is 18.5 Å². The van der Waals surface area contributed by atoms with Gasteiger partial charge in [-0.1, -0.05) is 25.7 Å². The van der Waals surface area contributed by atoms with Crippen LogP contribution < -0.4 is 0 Å². The summed E-state index contributed by atoms with van der Waals surface area (Å²) < 4.78 is 10.4. The van der Waals surface area contributed by atoms with Gasteiger partial charge < -0.3 is 14.4 Å². The van der Waals surface area contributed by atoms with Crippen molar-refractivity contribution in [3.05, 3.63) is 36.6 Å². The lowest BCUT2D eigenvalue weighted by molar-refractivity contribution is 0.0357. The Balaban J connectivity index is 0.00000289. The first-order valence-corrected chi connectivity index (χ1v) is 5.81. The summed E-state index contributed by atoms with van der Waals surface area (Å²) in [6.07, 6.45) is 7.69. The predicted molar refractivity (Wildman–Crippen MR) is 73.8 cm³/mol. The van der Waals surface area contributed by atoms with Crippen molar-refractivity contribution in [1.82, 2.24) is 4.90 Å². The topological polar surface area (TPSA) is 38.8 Å². The summed E-state index contributed by atoms with van der Waals surface area (Å²) in [5.74, 6) is 0.464. The molecule has 1 heterocycles. The molecule has 0 radical (unpaired) electrons. The average Bonchev–Trinajstić information content (AvgIpc) is 2.38. The molecule has 4 nitrogen and oxygen atoms in total. The Hall–Kier alpha value is -1.26. The maximum atomic E-state index is 11.7. The molecule has 0 atom stereocenters. The van der Waals surface area contributed by atoms with E-state index < -0.39 is 0 Å². The Morgan fingerprint density at radius 2 is 2.11 bits per heavy atom. The number of carbonyl (C=O) groups excluding carboxylic acids is 1. The van der Waals surface area contributed by atoms with Crippen molar-refractivity contribution in [2.45, 2.75) is 13.3 Å². The first kappa shape index (κ1) is 16.7. The number of hydrogen-bond acceptors (Lipinski definition) is 3. The smallest absolute Gasteiger partial charge is 0.410 e. The third-order valence-corrected chi connectivity index (χ3v) is 2.31. The minimum Gasteiger partial charge on any atom is -0.410 e. The van der Waals surface area contributed by atoms with Crippen molar-refractivity contribution in [3.8, 4) is 0 Å². The Morgan fingerprint density at radius 1 is 1.44 bits per heavy atom. The predicted octanol–water partition coefficient (Wildman–Crippen LogP) is 2.91. The van der Waals surface area contributed by atoms with E-state index in [0.717, 1.165) is 6.42 Å². The average molecular weight is 274 g/mol. The number of nitrogens with zero attached hydrogens (tertiary/aromatic N) is 1. The second kappa shape index (κ2) is 9.74. The van der Waals surface area contributed by atoms with Crippen molar-refractivity contribution in [2.75, 3.05) is 26.3 Å². The van der Waals surface area contributed by atoms with E-state index in [2.05, 4.69) is 6.58 Å². The molecule has 0 N–H and O–H groups in total. The molecule has 0 saturated carbocycles. The van der Waals surface area contributed by atoms with Gasteiger partial charge in [-0.05, 0) is 18.6 Å². The highest BCUT2D eigenvalue weighted by atomic mass is 35.5. The number of rotatable bonds is 4. The third-order valence-electron chi connectivity index (χ3n) is 2.31. The molecule has 0 aromatic heterocycles. The molecule has 1 amide bonds. The zero-order valence-electron chi connectivity index (χ0n) is 10.6. The van der Waals surface area contributed by atoms with Crippen molar-refractivity contribution in [1.29, 1.82) is 0 Å². The van der Waals surface area contributed by atoms with Crippen LogP contribution >= 0.6 is 12.4 Å². The van der Waals surface area contributed by atoms with Gasteiger partial charge in [0.25, 0.3) is 0 Å². The van der Waals surface area contributed by atoms with E-state index >= 15 is 0 Å². The van der Waals surface area contributed by atoms with Crippen LogP contribution in [0, 0.1) is 0 Å². The minimum atomic E-state index is -0.343. The highest BCUT2D eigenvalue weighted by Gasteiger charge is 2.18. The molecular formula is C13H20ClNO3. The first-order valence-electron chi connectivity index (χ1n) is 5.81. The summed E-state index contributed by atoms with van der Waals surface area (Å²) in [5.41, 5.74) is 0. The number of halogens is 1. The SMILES string of the molecule is C=CC(=CC=CCC)OC(=O)N1CCOCC1.Cl. The Bertz CT molecular complexity index is 320. The zero-order chi connectivity index (χ0) is 12.5. The molecule has 18 heavy (non-hydrogen) atoms. The number of morpholine rings is 1. The number of carbonyl (C=O) groups is 1. The molecule has 0 bridgehead atoms. The quantitative estimate of drug-likeness (QED) is 0.584. The van der Waals surface area contributed by atoms with Gasteiger partial charge in [0, 0.05) is 13.1 Å². The lowest BCUT2D eigenvalue weighted by Crippen LogP contribution is -2.40. The van der Waals surface area contributed by atoms with Crippen LogP contribution in [0.25, 0.3) is 0 Å². The van der Waals surface area contributed by atoms with Crippen LogP contribution in [0.2, 0.25) is 0 Å². The standard InChI is InChI=1S/C13H19NO3.ClH/c1-3-5-6-7-12(4-2)17-13(15)14-8-10-16-11-9-14;/h4-7H,2-3,8-11H2,1H3;1H. The normalized spacial score (nSPS) is 16.3. The van der Waals surface area contributed by atoms with E-state index in [4.69, 9.17) is 9.47 Å². The molecule has 1 saturated heterocycles. The van der Waals surface area contributed by atoms with E-state index in [0.29, 0.717) is 32.1 Å². The molecule has 0 aromatic rings. The number of hydrogen-bond donors (Lipinski definition) is 0.